The van der Waals surface area contributed by atoms with Crippen LogP contribution in [0.15, 0.2) is 0 Å². The number of carbonyl (C=O) groups is 1. The quantitative estimate of drug-likeness (QED) is 0.789. The van der Waals surface area contributed by atoms with Crippen LogP contribution in [0.5, 0.6) is 0 Å². The van der Waals surface area contributed by atoms with Gasteiger partial charge in [0.1, 0.15) is 0 Å². The summed E-state index contributed by atoms with van der Waals surface area (Å²) in [6.07, 6.45) is 0.613. The molecule has 126 valence electrons. The maximum absolute atomic E-state index is 13.0. The Morgan fingerprint density at radius 1 is 1.43 bits per heavy atom. The van der Waals surface area contributed by atoms with Gasteiger partial charge in [0.05, 0.1) is 12.6 Å². The van der Waals surface area contributed by atoms with Gasteiger partial charge in [0.2, 0.25) is 5.91 Å². The second-order valence-electron chi connectivity index (χ2n) is 5.63. The Bertz CT molecular complexity index is 355. The lowest BCUT2D eigenvalue weighted by Gasteiger charge is -2.36. The van der Waals surface area contributed by atoms with Gasteiger partial charge in [0.25, 0.3) is 5.92 Å². The van der Waals surface area contributed by atoms with Gasteiger partial charge in [0.15, 0.2) is 0 Å². The van der Waals surface area contributed by atoms with Gasteiger partial charge in [-0.15, -0.1) is 24.8 Å². The zero-order valence-electron chi connectivity index (χ0n) is 12.2. The lowest BCUT2D eigenvalue weighted by molar-refractivity contribution is -0.123. The van der Waals surface area contributed by atoms with Crippen molar-refractivity contribution in [3.63, 3.8) is 0 Å². The minimum absolute atomic E-state index is 0. The van der Waals surface area contributed by atoms with Gasteiger partial charge in [-0.3, -0.25) is 10.1 Å². The van der Waals surface area contributed by atoms with Crippen LogP contribution in [-0.2, 0) is 4.79 Å². The minimum Gasteiger partial charge on any atom is -0.353 e. The summed E-state index contributed by atoms with van der Waals surface area (Å²) >= 11 is 1.86. The van der Waals surface area contributed by atoms with Crippen molar-refractivity contribution in [1.82, 2.24) is 15.5 Å². The van der Waals surface area contributed by atoms with Gasteiger partial charge in [-0.25, -0.2) is 8.78 Å². The first-order chi connectivity index (χ1) is 8.85. The number of thioether (sulfide) groups is 1. The maximum Gasteiger partial charge on any atom is 0.262 e. The monoisotopic (exact) mass is 365 g/mol. The zero-order chi connectivity index (χ0) is 14.1. The first-order valence-corrected chi connectivity index (χ1v) is 7.64. The summed E-state index contributed by atoms with van der Waals surface area (Å²) in [5.41, 5.74) is -0.0402. The second-order valence-corrected chi connectivity index (χ2v) is 6.74. The Hall–Kier alpha value is 0.180. The summed E-state index contributed by atoms with van der Waals surface area (Å²) in [4.78, 5) is 14.1. The van der Waals surface area contributed by atoms with Crippen LogP contribution >= 0.6 is 36.6 Å². The Balaban J connectivity index is 0.00000200. The molecule has 2 N–H and O–H groups in total. The van der Waals surface area contributed by atoms with Gasteiger partial charge < -0.3 is 10.2 Å². The van der Waals surface area contributed by atoms with Crippen LogP contribution in [0.2, 0.25) is 0 Å². The average molecular weight is 366 g/mol. The fourth-order valence-corrected chi connectivity index (χ4v) is 4.08. The molecule has 1 amide bonds. The second kappa shape index (κ2) is 8.15. The summed E-state index contributed by atoms with van der Waals surface area (Å²) in [6.45, 7) is 0.120. The van der Waals surface area contributed by atoms with E-state index in [1.165, 1.54) is 0 Å². The van der Waals surface area contributed by atoms with Crippen LogP contribution in [-0.4, -0.2) is 67.0 Å². The van der Waals surface area contributed by atoms with Crippen LogP contribution in [0.3, 0.4) is 0 Å². The van der Waals surface area contributed by atoms with Gasteiger partial charge in [-0.2, -0.15) is 11.8 Å². The normalized spacial score (nSPS) is 30.6. The van der Waals surface area contributed by atoms with E-state index in [0.717, 1.165) is 17.9 Å². The van der Waals surface area contributed by atoms with E-state index in [1.807, 2.05) is 25.9 Å². The van der Waals surface area contributed by atoms with Crippen molar-refractivity contribution in [2.75, 3.05) is 38.7 Å². The third-order valence-corrected chi connectivity index (χ3v) is 5.28. The number of hydrogen-bond acceptors (Lipinski definition) is 4. The van der Waals surface area contributed by atoms with Crippen molar-refractivity contribution >= 4 is 42.5 Å². The van der Waals surface area contributed by atoms with Crippen molar-refractivity contribution in [1.29, 1.82) is 0 Å². The molecule has 2 aliphatic rings. The molecule has 2 saturated heterocycles. The maximum atomic E-state index is 13.0. The molecule has 2 heterocycles. The number of nitrogens with zero attached hydrogens (tertiary/aromatic N) is 1. The molecule has 0 aliphatic carbocycles. The van der Waals surface area contributed by atoms with E-state index < -0.39 is 24.9 Å². The summed E-state index contributed by atoms with van der Waals surface area (Å²) in [5, 5.41) is 5.42. The smallest absolute Gasteiger partial charge is 0.262 e. The van der Waals surface area contributed by atoms with Gasteiger partial charge in [-0.1, -0.05) is 0 Å². The molecular weight excluding hydrogens is 343 g/mol. The summed E-state index contributed by atoms with van der Waals surface area (Å²) in [5.74, 6) is -1.03. The van der Waals surface area contributed by atoms with E-state index >= 15 is 0 Å². The van der Waals surface area contributed by atoms with E-state index in [2.05, 4.69) is 15.5 Å². The number of hydrogen-bond donors (Lipinski definition) is 2. The molecule has 2 rings (SSSR count). The molecule has 2 atom stereocenters. The zero-order valence-corrected chi connectivity index (χ0v) is 14.6. The van der Waals surface area contributed by atoms with Crippen LogP contribution in [0, 0.1) is 0 Å². The van der Waals surface area contributed by atoms with E-state index in [9.17, 15) is 13.6 Å². The molecule has 0 bridgehead atoms. The highest BCUT2D eigenvalue weighted by Crippen LogP contribution is 2.31. The largest absolute Gasteiger partial charge is 0.353 e. The number of nitrogens with one attached hydrogen (secondary N) is 2. The topological polar surface area (TPSA) is 44.4 Å². The molecule has 0 saturated carbocycles. The van der Waals surface area contributed by atoms with Crippen LogP contribution in [0.25, 0.3) is 0 Å². The molecule has 9 heteroatoms. The Morgan fingerprint density at radius 2 is 2.10 bits per heavy atom. The van der Waals surface area contributed by atoms with Crippen LogP contribution in [0.4, 0.5) is 8.78 Å². The number of carbonyl (C=O) groups excluding carboxylic acids is 1. The molecule has 0 aromatic rings. The number of alkyl halides is 2. The van der Waals surface area contributed by atoms with Gasteiger partial charge >= 0.3 is 0 Å². The Labute approximate surface area is 141 Å². The molecule has 0 aromatic carbocycles. The van der Waals surface area contributed by atoms with Gasteiger partial charge in [0, 0.05) is 24.3 Å². The number of likely N-dealkylation sites (N-methyl/N-ethyl adjacent to an activating group) is 1. The molecule has 0 spiro atoms. The number of halogens is 4. The third kappa shape index (κ3) is 5.10. The predicted octanol–water partition coefficient (Wildman–Crippen LogP) is 1.38. The number of amides is 1. The average Bonchev–Trinajstić information content (AvgIpc) is 2.93. The van der Waals surface area contributed by atoms with E-state index in [4.69, 9.17) is 0 Å². The molecule has 2 fully saturated rings. The van der Waals surface area contributed by atoms with Crippen molar-refractivity contribution in [3.8, 4) is 0 Å². The molecule has 0 aromatic heterocycles. The first-order valence-electron chi connectivity index (χ1n) is 6.49. The third-order valence-electron chi connectivity index (χ3n) is 4.05. The summed E-state index contributed by atoms with van der Waals surface area (Å²) in [6, 6.07) is -0.761. The molecule has 0 radical (unpaired) electrons. The Morgan fingerprint density at radius 3 is 2.52 bits per heavy atom. The van der Waals surface area contributed by atoms with Crippen molar-refractivity contribution in [2.45, 2.75) is 30.3 Å². The highest BCUT2D eigenvalue weighted by molar-refractivity contribution is 7.99. The van der Waals surface area contributed by atoms with E-state index in [1.54, 1.807) is 0 Å². The minimum atomic E-state index is -2.76. The van der Waals surface area contributed by atoms with Crippen LogP contribution < -0.4 is 10.6 Å². The fraction of sp³-hybridized carbons (Fsp3) is 0.917. The van der Waals surface area contributed by atoms with Crippen molar-refractivity contribution in [2.24, 2.45) is 0 Å². The van der Waals surface area contributed by atoms with E-state index in [-0.39, 0.29) is 36.3 Å². The molecule has 2 aliphatic heterocycles. The van der Waals surface area contributed by atoms with Crippen molar-refractivity contribution in [3.05, 3.63) is 0 Å². The highest BCUT2D eigenvalue weighted by Gasteiger charge is 2.43. The molecule has 2 unspecified atom stereocenters. The lowest BCUT2D eigenvalue weighted by atomic mass is 9.97. The predicted molar refractivity (Wildman–Crippen MR) is 87.2 cm³/mol. The van der Waals surface area contributed by atoms with Crippen LogP contribution in [0.1, 0.15) is 12.8 Å². The van der Waals surface area contributed by atoms with Gasteiger partial charge in [-0.05, 0) is 26.3 Å². The SMILES string of the molecule is CN(C)C1(CNC(=O)C2CC(F)(F)CN2)CCSC1.Cl.Cl. The van der Waals surface area contributed by atoms with E-state index in [0.29, 0.717) is 6.54 Å². The summed E-state index contributed by atoms with van der Waals surface area (Å²) in [7, 11) is 4.00. The first kappa shape index (κ1) is 21.2. The summed E-state index contributed by atoms with van der Waals surface area (Å²) < 4.78 is 26.1. The molecular formula is C12H23Cl2F2N3OS. The lowest BCUT2D eigenvalue weighted by Crippen LogP contribution is -2.55. The molecule has 4 nitrogen and oxygen atoms in total. The number of rotatable bonds is 4. The fourth-order valence-electron chi connectivity index (χ4n) is 2.52. The Kier molecular flexibility index (Phi) is 8.22. The standard InChI is InChI=1S/C12H21F2N3OS.2ClH/c1-17(2)11(3-4-19-8-11)6-16-10(18)9-5-12(13,14)7-15-9;;/h9,15H,3-8H2,1-2H3,(H,16,18);2*1H. The highest BCUT2D eigenvalue weighted by atomic mass is 35.5. The molecule has 21 heavy (non-hydrogen) atoms. The van der Waals surface area contributed by atoms with Crippen molar-refractivity contribution < 1.29 is 13.6 Å².